The average molecular weight is 520 g/mol. The lowest BCUT2D eigenvalue weighted by atomic mass is 10.1. The van der Waals surface area contributed by atoms with Crippen molar-refractivity contribution in [1.82, 2.24) is 15.6 Å². The molecule has 0 bridgehead atoms. The van der Waals surface area contributed by atoms with Gasteiger partial charge < -0.3 is 25.2 Å². The summed E-state index contributed by atoms with van der Waals surface area (Å²) in [6.07, 6.45) is 1.69. The predicted octanol–water partition coefficient (Wildman–Crippen LogP) is 2.75. The zero-order valence-corrected chi connectivity index (χ0v) is 19.6. The van der Waals surface area contributed by atoms with Crippen LogP contribution in [0.4, 0.5) is 0 Å². The van der Waals surface area contributed by atoms with Gasteiger partial charge in [-0.15, -0.1) is 35.3 Å². The molecule has 0 aliphatic carbocycles. The zero-order chi connectivity index (χ0) is 19.5. The first-order chi connectivity index (χ1) is 13.1. The van der Waals surface area contributed by atoms with Crippen LogP contribution in [-0.2, 0) is 16.9 Å². The van der Waals surface area contributed by atoms with E-state index in [2.05, 4.69) is 20.6 Å². The number of aromatic nitrogens is 1. The van der Waals surface area contributed by atoms with Crippen molar-refractivity contribution in [2.75, 3.05) is 33.4 Å². The van der Waals surface area contributed by atoms with Crippen molar-refractivity contribution in [2.45, 2.75) is 26.0 Å². The Balaban J connectivity index is 0.00000392. The number of thiophene rings is 1. The molecule has 1 unspecified atom stereocenters. The van der Waals surface area contributed by atoms with Crippen molar-refractivity contribution in [3.05, 3.63) is 46.3 Å². The number of rotatable bonds is 10. The van der Waals surface area contributed by atoms with E-state index in [1.807, 2.05) is 36.6 Å². The molecule has 1 atom stereocenters. The van der Waals surface area contributed by atoms with Gasteiger partial charge in [0.05, 0.1) is 19.7 Å². The van der Waals surface area contributed by atoms with Crippen LogP contribution in [0.15, 0.2) is 40.8 Å². The smallest absolute Gasteiger partial charge is 0.218 e. The van der Waals surface area contributed by atoms with Gasteiger partial charge in [-0.3, -0.25) is 0 Å². The maximum Gasteiger partial charge on any atom is 0.218 e. The molecule has 0 aliphatic rings. The van der Waals surface area contributed by atoms with Crippen LogP contribution >= 0.6 is 35.3 Å². The minimum Gasteiger partial charge on any atom is -0.475 e. The zero-order valence-electron chi connectivity index (χ0n) is 16.5. The minimum absolute atomic E-state index is 0. The molecule has 0 aliphatic heterocycles. The summed E-state index contributed by atoms with van der Waals surface area (Å²) >= 11 is 1.53. The molecule has 9 heteroatoms. The summed E-state index contributed by atoms with van der Waals surface area (Å²) in [5.74, 6) is 1.18. The van der Waals surface area contributed by atoms with Crippen LogP contribution < -0.4 is 15.4 Å². The Morgan fingerprint density at radius 3 is 2.79 bits per heavy atom. The summed E-state index contributed by atoms with van der Waals surface area (Å²) in [6.45, 7) is 6.21. The average Bonchev–Trinajstić information content (AvgIpc) is 3.21. The maximum atomic E-state index is 10.7. The Morgan fingerprint density at radius 1 is 1.29 bits per heavy atom. The highest BCUT2D eigenvalue weighted by molar-refractivity contribution is 14.0. The summed E-state index contributed by atoms with van der Waals surface area (Å²) in [6, 6.07) is 7.65. The highest BCUT2D eigenvalue weighted by atomic mass is 127. The van der Waals surface area contributed by atoms with Crippen molar-refractivity contribution in [1.29, 1.82) is 0 Å². The molecule has 2 aromatic rings. The molecule has 0 amide bonds. The number of pyridine rings is 1. The fourth-order valence-corrected chi connectivity index (χ4v) is 3.12. The second-order valence-corrected chi connectivity index (χ2v) is 7.06. The molecule has 3 N–H and O–H groups in total. The predicted molar refractivity (Wildman–Crippen MR) is 124 cm³/mol. The normalized spacial score (nSPS) is 13.4. The fourth-order valence-electron chi connectivity index (χ4n) is 2.33. The van der Waals surface area contributed by atoms with Gasteiger partial charge in [0.25, 0.3) is 0 Å². The lowest BCUT2D eigenvalue weighted by Crippen LogP contribution is -2.44. The Hall–Kier alpha value is -1.43. The van der Waals surface area contributed by atoms with Gasteiger partial charge in [-0.05, 0) is 31.4 Å². The first kappa shape index (κ1) is 24.6. The number of aliphatic hydroxyl groups is 1. The third-order valence-corrected chi connectivity index (χ3v) is 4.90. The van der Waals surface area contributed by atoms with Crippen molar-refractivity contribution in [2.24, 2.45) is 4.99 Å². The summed E-state index contributed by atoms with van der Waals surface area (Å²) in [5, 5.41) is 19.0. The van der Waals surface area contributed by atoms with Crippen molar-refractivity contribution in [3.63, 3.8) is 0 Å². The summed E-state index contributed by atoms with van der Waals surface area (Å²) < 4.78 is 10.7. The number of hydrogen-bond donors (Lipinski definition) is 3. The fraction of sp³-hybridized carbons (Fsp3) is 0.474. The second kappa shape index (κ2) is 12.9. The molecule has 2 aromatic heterocycles. The van der Waals surface area contributed by atoms with Gasteiger partial charge in [-0.2, -0.15) is 0 Å². The Labute approximate surface area is 187 Å². The number of ether oxygens (including phenoxy) is 2. The van der Waals surface area contributed by atoms with Crippen LogP contribution in [0.25, 0.3) is 0 Å². The number of nitrogens with one attached hydrogen (secondary N) is 2. The van der Waals surface area contributed by atoms with E-state index in [9.17, 15) is 5.11 Å². The van der Waals surface area contributed by atoms with Crippen LogP contribution in [0.2, 0.25) is 0 Å². The molecule has 7 nitrogen and oxygen atoms in total. The van der Waals surface area contributed by atoms with E-state index in [-0.39, 0.29) is 24.0 Å². The van der Waals surface area contributed by atoms with Gasteiger partial charge in [0.2, 0.25) is 5.88 Å². The standard InChI is InChI=1S/C19H28N4O3S.HI/c1-4-20-18(23-14-19(2,24)16-8-6-12-27-16)22-13-15-7-5-9-21-17(15)26-11-10-25-3;/h5-9,12,24H,4,10-11,13-14H2,1-3H3,(H2,20,22,23);1H. The highest BCUT2D eigenvalue weighted by Crippen LogP contribution is 2.24. The molecule has 28 heavy (non-hydrogen) atoms. The number of guanidine groups is 1. The first-order valence-corrected chi connectivity index (χ1v) is 9.79. The van der Waals surface area contributed by atoms with Gasteiger partial charge >= 0.3 is 0 Å². The SMILES string of the molecule is CCNC(=NCc1cccnc1OCCOC)NCC(C)(O)c1cccs1.I. The third-order valence-electron chi connectivity index (χ3n) is 3.78. The van der Waals surface area contributed by atoms with E-state index in [1.54, 1.807) is 20.2 Å². The van der Waals surface area contributed by atoms with E-state index in [0.29, 0.717) is 38.1 Å². The largest absolute Gasteiger partial charge is 0.475 e. The third kappa shape index (κ3) is 7.90. The molecule has 2 heterocycles. The molecule has 2 rings (SSSR count). The van der Waals surface area contributed by atoms with E-state index in [1.165, 1.54) is 11.3 Å². The van der Waals surface area contributed by atoms with Crippen LogP contribution in [-0.4, -0.2) is 49.5 Å². The summed E-state index contributed by atoms with van der Waals surface area (Å²) in [5.41, 5.74) is -0.0802. The summed E-state index contributed by atoms with van der Waals surface area (Å²) in [4.78, 5) is 9.77. The van der Waals surface area contributed by atoms with Crippen molar-refractivity contribution < 1.29 is 14.6 Å². The van der Waals surface area contributed by atoms with Crippen molar-refractivity contribution >= 4 is 41.3 Å². The van der Waals surface area contributed by atoms with Gasteiger partial charge in [-0.1, -0.05) is 12.1 Å². The van der Waals surface area contributed by atoms with Gasteiger partial charge in [0.1, 0.15) is 12.2 Å². The number of hydrogen-bond acceptors (Lipinski definition) is 6. The van der Waals surface area contributed by atoms with Crippen molar-refractivity contribution in [3.8, 4) is 5.88 Å². The molecule has 0 saturated carbocycles. The lowest BCUT2D eigenvalue weighted by Gasteiger charge is -2.23. The quantitative estimate of drug-likeness (QED) is 0.193. The molecular formula is C19H29IN4O3S. The molecule has 0 radical (unpaired) electrons. The van der Waals surface area contributed by atoms with E-state index in [0.717, 1.165) is 17.0 Å². The maximum absolute atomic E-state index is 10.7. The van der Waals surface area contributed by atoms with Crippen LogP contribution in [0.1, 0.15) is 24.3 Å². The summed E-state index contributed by atoms with van der Waals surface area (Å²) in [7, 11) is 1.63. The van der Waals surface area contributed by atoms with Crippen LogP contribution in [0.3, 0.4) is 0 Å². The lowest BCUT2D eigenvalue weighted by molar-refractivity contribution is 0.0655. The minimum atomic E-state index is -0.965. The number of aliphatic imine (C=N–C) groups is 1. The Kier molecular flexibility index (Phi) is 11.4. The Morgan fingerprint density at radius 2 is 2.11 bits per heavy atom. The van der Waals surface area contributed by atoms with Gasteiger partial charge in [0, 0.05) is 30.3 Å². The van der Waals surface area contributed by atoms with E-state index >= 15 is 0 Å². The van der Waals surface area contributed by atoms with Crippen LogP contribution in [0.5, 0.6) is 5.88 Å². The van der Waals surface area contributed by atoms with Gasteiger partial charge in [-0.25, -0.2) is 9.98 Å². The first-order valence-electron chi connectivity index (χ1n) is 8.91. The van der Waals surface area contributed by atoms with Crippen LogP contribution in [0, 0.1) is 0 Å². The molecular weight excluding hydrogens is 491 g/mol. The van der Waals surface area contributed by atoms with Gasteiger partial charge in [0.15, 0.2) is 5.96 Å². The highest BCUT2D eigenvalue weighted by Gasteiger charge is 2.24. The number of nitrogens with zero attached hydrogens (tertiary/aromatic N) is 2. The number of methoxy groups -OCH3 is 1. The number of halogens is 1. The Bertz CT molecular complexity index is 711. The second-order valence-electron chi connectivity index (χ2n) is 6.11. The topological polar surface area (TPSA) is 88.0 Å². The van der Waals surface area contributed by atoms with E-state index < -0.39 is 5.60 Å². The molecule has 0 spiro atoms. The molecule has 156 valence electrons. The monoisotopic (exact) mass is 520 g/mol. The molecule has 0 saturated heterocycles. The van der Waals surface area contributed by atoms with E-state index in [4.69, 9.17) is 9.47 Å². The molecule has 0 fully saturated rings. The molecule has 0 aromatic carbocycles.